The number of primary amides is 1. The number of hydrogen-bond donors (Lipinski definition) is 1. The number of amides is 2. The van der Waals surface area contributed by atoms with E-state index in [-0.39, 0.29) is 22.7 Å². The number of halogens is 1. The molecule has 2 amide bonds. The Balaban J connectivity index is 1.34. The van der Waals surface area contributed by atoms with Gasteiger partial charge in [0.25, 0.3) is 11.8 Å². The molecule has 0 saturated carbocycles. The first-order valence-corrected chi connectivity index (χ1v) is 14.6. The Morgan fingerprint density at radius 1 is 0.867 bits per heavy atom. The SMILES string of the molecule is Cc1ccncc1-c1ccc2cc(N(C(=O)[C@H]3CCO3)c3cc4ccc(-c5cnc(Cl)nc5C)cc4c(C(N)=O)n3)ncc2c1. The number of hydrogen-bond acceptors (Lipinski definition) is 8. The minimum atomic E-state index is -0.736. The van der Waals surface area contributed by atoms with Crippen molar-refractivity contribution in [1.82, 2.24) is 24.9 Å². The van der Waals surface area contributed by atoms with E-state index < -0.39 is 12.0 Å². The fourth-order valence-corrected chi connectivity index (χ4v) is 5.70. The molecule has 1 aliphatic rings. The van der Waals surface area contributed by atoms with Gasteiger partial charge in [-0.25, -0.2) is 24.8 Å². The Morgan fingerprint density at radius 2 is 1.62 bits per heavy atom. The normalized spacial score (nSPS) is 14.3. The zero-order valence-electron chi connectivity index (χ0n) is 24.4. The number of benzene rings is 2. The maximum absolute atomic E-state index is 13.8. The second-order valence-electron chi connectivity index (χ2n) is 10.9. The molecule has 222 valence electrons. The lowest BCUT2D eigenvalue weighted by Gasteiger charge is -2.31. The van der Waals surface area contributed by atoms with Gasteiger partial charge in [0.05, 0.1) is 12.3 Å². The summed E-state index contributed by atoms with van der Waals surface area (Å²) in [7, 11) is 0. The van der Waals surface area contributed by atoms with Crippen molar-refractivity contribution >= 4 is 56.6 Å². The van der Waals surface area contributed by atoms with Crippen LogP contribution in [0.1, 0.15) is 28.2 Å². The number of carbonyl (C=O) groups is 2. The number of anilines is 2. The second kappa shape index (κ2) is 11.3. The number of rotatable bonds is 6. The van der Waals surface area contributed by atoms with Crippen LogP contribution in [0.4, 0.5) is 11.6 Å². The first kappa shape index (κ1) is 28.5. The van der Waals surface area contributed by atoms with E-state index in [0.717, 1.165) is 38.6 Å². The van der Waals surface area contributed by atoms with Crippen LogP contribution in [0.3, 0.4) is 0 Å². The van der Waals surface area contributed by atoms with Gasteiger partial charge in [0, 0.05) is 53.1 Å². The largest absolute Gasteiger partial charge is 0.368 e. The van der Waals surface area contributed by atoms with Gasteiger partial charge in [-0.2, -0.15) is 0 Å². The molecule has 0 bridgehead atoms. The van der Waals surface area contributed by atoms with Gasteiger partial charge in [-0.15, -0.1) is 0 Å². The summed E-state index contributed by atoms with van der Waals surface area (Å²) in [5.74, 6) is -0.505. The van der Waals surface area contributed by atoms with E-state index in [9.17, 15) is 9.59 Å². The summed E-state index contributed by atoms with van der Waals surface area (Å²) >= 11 is 5.95. The van der Waals surface area contributed by atoms with Crippen molar-refractivity contribution in [3.63, 3.8) is 0 Å². The molecule has 5 heterocycles. The predicted molar refractivity (Wildman–Crippen MR) is 172 cm³/mol. The molecule has 4 aromatic heterocycles. The number of aryl methyl sites for hydroxylation is 2. The van der Waals surface area contributed by atoms with Crippen LogP contribution in [0.2, 0.25) is 5.28 Å². The third-order valence-electron chi connectivity index (χ3n) is 8.02. The molecular weight excluding hydrogens is 590 g/mol. The van der Waals surface area contributed by atoms with Gasteiger partial charge in [0.2, 0.25) is 5.28 Å². The Morgan fingerprint density at radius 3 is 2.33 bits per heavy atom. The van der Waals surface area contributed by atoms with Crippen LogP contribution in [-0.4, -0.2) is 49.4 Å². The Bertz CT molecular complexity index is 2170. The van der Waals surface area contributed by atoms with Gasteiger partial charge >= 0.3 is 0 Å². The van der Waals surface area contributed by atoms with Crippen molar-refractivity contribution in [3.8, 4) is 22.3 Å². The molecule has 7 rings (SSSR count). The Labute approximate surface area is 262 Å². The van der Waals surface area contributed by atoms with Crippen LogP contribution < -0.4 is 10.6 Å². The average molecular weight is 616 g/mol. The summed E-state index contributed by atoms with van der Waals surface area (Å²) in [5, 5.41) is 3.10. The molecule has 1 aliphatic heterocycles. The second-order valence-corrected chi connectivity index (χ2v) is 11.2. The average Bonchev–Trinajstić information content (AvgIpc) is 3.00. The summed E-state index contributed by atoms with van der Waals surface area (Å²) in [6.45, 7) is 4.35. The van der Waals surface area contributed by atoms with Crippen LogP contribution in [-0.2, 0) is 9.53 Å². The van der Waals surface area contributed by atoms with E-state index in [1.54, 1.807) is 24.7 Å². The standard InChI is InChI=1S/C34H26ClN7O3/c1-18-7-9-37-16-26(18)21-4-3-20-13-29(38-15-24(20)11-21)42(33(44)28-8-10-45-28)30-14-23-6-5-22(12-25(23)31(41-30)32(36)43)27-17-39-34(35)40-19(27)2/h3-7,9,11-17,28H,8,10H2,1-2H3,(H2,36,43)/t28-/m1/s1. The number of carbonyl (C=O) groups excluding carboxylic acids is 2. The topological polar surface area (TPSA) is 137 Å². The smallest absolute Gasteiger partial charge is 0.268 e. The van der Waals surface area contributed by atoms with Crippen molar-refractivity contribution in [1.29, 1.82) is 0 Å². The van der Waals surface area contributed by atoms with E-state index >= 15 is 0 Å². The molecule has 2 N–H and O–H groups in total. The number of aromatic nitrogens is 5. The zero-order chi connectivity index (χ0) is 31.2. The Hall–Kier alpha value is -5.32. The van der Waals surface area contributed by atoms with Crippen LogP contribution in [0.25, 0.3) is 43.8 Å². The molecule has 1 fully saturated rings. The van der Waals surface area contributed by atoms with E-state index in [1.807, 2.05) is 68.6 Å². The van der Waals surface area contributed by atoms with Gasteiger partial charge in [0.15, 0.2) is 0 Å². The highest BCUT2D eigenvalue weighted by Gasteiger charge is 2.34. The van der Waals surface area contributed by atoms with Crippen LogP contribution in [0.15, 0.2) is 79.4 Å². The number of pyridine rings is 3. The summed E-state index contributed by atoms with van der Waals surface area (Å²) in [6, 6.07) is 17.1. The monoisotopic (exact) mass is 615 g/mol. The molecule has 0 unspecified atom stereocenters. The molecule has 1 atom stereocenters. The molecule has 1 saturated heterocycles. The fourth-order valence-electron chi connectivity index (χ4n) is 5.53. The van der Waals surface area contributed by atoms with Gasteiger partial charge in [0.1, 0.15) is 23.4 Å². The summed E-state index contributed by atoms with van der Waals surface area (Å²) in [5.41, 5.74) is 11.2. The maximum atomic E-state index is 13.8. The Kier molecular flexibility index (Phi) is 7.15. The van der Waals surface area contributed by atoms with E-state index in [2.05, 4.69) is 24.9 Å². The number of nitrogens with two attached hydrogens (primary N) is 1. The van der Waals surface area contributed by atoms with Gasteiger partial charge in [-0.1, -0.05) is 24.3 Å². The molecule has 0 spiro atoms. The zero-order valence-corrected chi connectivity index (χ0v) is 25.1. The quantitative estimate of drug-likeness (QED) is 0.221. The highest BCUT2D eigenvalue weighted by Crippen LogP contribution is 2.35. The van der Waals surface area contributed by atoms with Crippen LogP contribution in [0.5, 0.6) is 0 Å². The lowest BCUT2D eigenvalue weighted by Crippen LogP contribution is -2.44. The third-order valence-corrected chi connectivity index (χ3v) is 8.21. The van der Waals surface area contributed by atoms with Crippen molar-refractivity contribution in [2.24, 2.45) is 5.73 Å². The predicted octanol–water partition coefficient (Wildman–Crippen LogP) is 6.12. The summed E-state index contributed by atoms with van der Waals surface area (Å²) in [6.07, 6.45) is 6.88. The number of fused-ring (bicyclic) bond motifs is 2. The molecule has 45 heavy (non-hydrogen) atoms. The van der Waals surface area contributed by atoms with E-state index in [0.29, 0.717) is 35.3 Å². The molecule has 0 radical (unpaired) electrons. The van der Waals surface area contributed by atoms with E-state index in [1.165, 1.54) is 4.90 Å². The van der Waals surface area contributed by atoms with Gasteiger partial charge < -0.3 is 10.5 Å². The fraction of sp³-hybridized carbons (Fsp3) is 0.147. The number of nitrogens with zero attached hydrogens (tertiary/aromatic N) is 6. The first-order chi connectivity index (χ1) is 21.8. The molecule has 11 heteroatoms. The first-order valence-electron chi connectivity index (χ1n) is 14.3. The third kappa shape index (κ3) is 5.24. The van der Waals surface area contributed by atoms with E-state index in [4.69, 9.17) is 22.1 Å². The van der Waals surface area contributed by atoms with Crippen molar-refractivity contribution in [2.75, 3.05) is 11.5 Å². The summed E-state index contributed by atoms with van der Waals surface area (Å²) in [4.78, 5) is 49.9. The van der Waals surface area contributed by atoms with Crippen molar-refractivity contribution in [3.05, 3.63) is 102 Å². The van der Waals surface area contributed by atoms with Crippen LogP contribution >= 0.6 is 11.6 Å². The minimum absolute atomic E-state index is 0.0153. The molecule has 6 aromatic rings. The van der Waals surface area contributed by atoms with Gasteiger partial charge in [-0.3, -0.25) is 14.6 Å². The maximum Gasteiger partial charge on any atom is 0.268 e. The lowest BCUT2D eigenvalue weighted by atomic mass is 10.00. The molecule has 2 aromatic carbocycles. The van der Waals surface area contributed by atoms with Crippen molar-refractivity contribution in [2.45, 2.75) is 26.4 Å². The highest BCUT2D eigenvalue weighted by atomic mass is 35.5. The van der Waals surface area contributed by atoms with Crippen LogP contribution in [0, 0.1) is 13.8 Å². The van der Waals surface area contributed by atoms with Gasteiger partial charge in [-0.05, 0) is 83.2 Å². The molecule has 10 nitrogen and oxygen atoms in total. The molecule has 0 aliphatic carbocycles. The molecular formula is C34H26ClN7O3. The van der Waals surface area contributed by atoms with Crippen molar-refractivity contribution < 1.29 is 14.3 Å². The number of ether oxygens (including phenoxy) is 1. The lowest BCUT2D eigenvalue weighted by molar-refractivity contribution is -0.141. The highest BCUT2D eigenvalue weighted by molar-refractivity contribution is 6.28. The summed E-state index contributed by atoms with van der Waals surface area (Å²) < 4.78 is 5.56. The minimum Gasteiger partial charge on any atom is -0.368 e.